The van der Waals surface area contributed by atoms with Crippen molar-refractivity contribution in [3.63, 3.8) is 0 Å². The van der Waals surface area contributed by atoms with Gasteiger partial charge in [0.05, 0.1) is 19.1 Å². The fraction of sp³-hybridized carbons (Fsp3) is 0.409. The van der Waals surface area contributed by atoms with Gasteiger partial charge in [-0.3, -0.25) is 4.79 Å². The number of benzene rings is 2. The van der Waals surface area contributed by atoms with Crippen LogP contribution in [0.1, 0.15) is 30.6 Å². The number of ether oxygens (including phenoxy) is 2. The van der Waals surface area contributed by atoms with Gasteiger partial charge in [0.15, 0.2) is 0 Å². The van der Waals surface area contributed by atoms with E-state index in [-0.39, 0.29) is 10.8 Å². The maximum absolute atomic E-state index is 13.0. The van der Waals surface area contributed by atoms with Crippen LogP contribution in [0.15, 0.2) is 47.4 Å². The summed E-state index contributed by atoms with van der Waals surface area (Å²) in [4.78, 5) is 12.8. The van der Waals surface area contributed by atoms with Crippen molar-refractivity contribution in [3.8, 4) is 11.5 Å². The van der Waals surface area contributed by atoms with E-state index in [1.807, 2.05) is 0 Å². The highest BCUT2D eigenvalue weighted by Gasteiger charge is 2.31. The lowest BCUT2D eigenvalue weighted by Crippen LogP contribution is -2.42. The molecule has 2 aromatic rings. The molecule has 2 atom stereocenters. The molecule has 1 saturated heterocycles. The molecule has 1 heterocycles. The minimum Gasteiger partial charge on any atom is -0.497 e. The van der Waals surface area contributed by atoms with Gasteiger partial charge in [0.2, 0.25) is 10.0 Å². The number of rotatable bonds is 6. The van der Waals surface area contributed by atoms with E-state index in [4.69, 9.17) is 9.47 Å². The molecule has 7 nitrogen and oxygen atoms in total. The Kier molecular flexibility index (Phi) is 6.67. The minimum absolute atomic E-state index is 0.198. The zero-order valence-electron chi connectivity index (χ0n) is 17.7. The molecular weight excluding hydrogens is 404 g/mol. The number of anilines is 1. The first-order valence-corrected chi connectivity index (χ1v) is 11.3. The summed E-state index contributed by atoms with van der Waals surface area (Å²) in [5, 5.41) is 2.78. The van der Waals surface area contributed by atoms with Crippen molar-refractivity contribution < 1.29 is 22.7 Å². The van der Waals surface area contributed by atoms with Crippen LogP contribution in [-0.2, 0) is 10.0 Å². The van der Waals surface area contributed by atoms with Crippen molar-refractivity contribution in [1.82, 2.24) is 4.31 Å². The summed E-state index contributed by atoms with van der Waals surface area (Å²) < 4.78 is 37.9. The molecule has 1 fully saturated rings. The molecule has 1 aliphatic rings. The van der Waals surface area contributed by atoms with Gasteiger partial charge < -0.3 is 14.8 Å². The third-order valence-electron chi connectivity index (χ3n) is 5.20. The average Bonchev–Trinajstić information content (AvgIpc) is 2.72. The number of sulfonamides is 1. The number of hydrogen-bond donors (Lipinski definition) is 1. The van der Waals surface area contributed by atoms with Crippen LogP contribution in [0.2, 0.25) is 0 Å². The quantitative estimate of drug-likeness (QED) is 0.754. The Morgan fingerprint density at radius 2 is 1.50 bits per heavy atom. The smallest absolute Gasteiger partial charge is 0.255 e. The van der Waals surface area contributed by atoms with E-state index in [2.05, 4.69) is 19.2 Å². The van der Waals surface area contributed by atoms with Crippen LogP contribution in [-0.4, -0.2) is 45.9 Å². The molecule has 0 unspecified atom stereocenters. The van der Waals surface area contributed by atoms with E-state index in [0.717, 1.165) is 6.42 Å². The predicted octanol–water partition coefficient (Wildman–Crippen LogP) is 3.62. The van der Waals surface area contributed by atoms with E-state index >= 15 is 0 Å². The highest BCUT2D eigenvalue weighted by molar-refractivity contribution is 7.89. The first-order chi connectivity index (χ1) is 14.2. The van der Waals surface area contributed by atoms with Gasteiger partial charge in [-0.25, -0.2) is 8.42 Å². The second-order valence-corrected chi connectivity index (χ2v) is 9.79. The Bertz CT molecular complexity index is 972. The largest absolute Gasteiger partial charge is 0.497 e. The molecule has 1 aliphatic heterocycles. The van der Waals surface area contributed by atoms with Gasteiger partial charge >= 0.3 is 0 Å². The molecule has 1 amide bonds. The molecular formula is C22H28N2O5S. The monoisotopic (exact) mass is 432 g/mol. The van der Waals surface area contributed by atoms with Gasteiger partial charge in [0, 0.05) is 42.5 Å². The molecule has 0 aromatic heterocycles. The number of carbonyl (C=O) groups excluding carboxylic acids is 1. The van der Waals surface area contributed by atoms with Crippen molar-refractivity contribution in [2.75, 3.05) is 32.6 Å². The molecule has 1 N–H and O–H groups in total. The fourth-order valence-electron chi connectivity index (χ4n) is 3.81. The third kappa shape index (κ3) is 4.94. The number of nitrogens with one attached hydrogen (secondary N) is 1. The molecule has 0 radical (unpaired) electrons. The van der Waals surface area contributed by atoms with Gasteiger partial charge in [0.25, 0.3) is 5.91 Å². The Balaban J connectivity index is 1.76. The minimum atomic E-state index is -3.58. The topological polar surface area (TPSA) is 84.9 Å². The van der Waals surface area contributed by atoms with Gasteiger partial charge in [-0.15, -0.1) is 0 Å². The lowest BCUT2D eigenvalue weighted by molar-refractivity contribution is 0.102. The summed E-state index contributed by atoms with van der Waals surface area (Å²) >= 11 is 0. The first kappa shape index (κ1) is 22.1. The van der Waals surface area contributed by atoms with E-state index < -0.39 is 10.0 Å². The van der Waals surface area contributed by atoms with Crippen LogP contribution in [0.25, 0.3) is 0 Å². The Hall–Kier alpha value is -2.58. The number of carbonyl (C=O) groups is 1. The van der Waals surface area contributed by atoms with Gasteiger partial charge in [0.1, 0.15) is 11.5 Å². The second-order valence-electron chi connectivity index (χ2n) is 7.85. The zero-order valence-corrected chi connectivity index (χ0v) is 18.5. The summed E-state index contributed by atoms with van der Waals surface area (Å²) in [6.45, 7) is 5.18. The fourth-order valence-corrected chi connectivity index (χ4v) is 5.49. The van der Waals surface area contributed by atoms with Crippen molar-refractivity contribution in [3.05, 3.63) is 48.0 Å². The Labute approximate surface area is 178 Å². The molecule has 8 heteroatoms. The van der Waals surface area contributed by atoms with Crippen LogP contribution >= 0.6 is 0 Å². The van der Waals surface area contributed by atoms with Gasteiger partial charge in [-0.05, 0) is 42.5 Å². The van der Waals surface area contributed by atoms with Crippen LogP contribution in [0.5, 0.6) is 11.5 Å². The summed E-state index contributed by atoms with van der Waals surface area (Å²) in [6, 6.07) is 11.1. The van der Waals surface area contributed by atoms with Crippen molar-refractivity contribution in [2.24, 2.45) is 11.8 Å². The molecule has 0 saturated carbocycles. The number of amides is 1. The Morgan fingerprint density at radius 3 is 2.00 bits per heavy atom. The van der Waals surface area contributed by atoms with Gasteiger partial charge in [-0.2, -0.15) is 4.31 Å². The van der Waals surface area contributed by atoms with Crippen LogP contribution in [0, 0.1) is 11.8 Å². The Morgan fingerprint density at radius 1 is 0.967 bits per heavy atom. The standard InChI is InChI=1S/C22H28N2O5S/c1-15-9-16(2)14-24(13-15)30(26,27)21-7-5-17(6-8-21)22(25)23-18-10-19(28-3)12-20(11-18)29-4/h5-8,10-12,15-16H,9,13-14H2,1-4H3,(H,23,25)/t15-,16-/m1/s1. The maximum Gasteiger partial charge on any atom is 0.255 e. The second kappa shape index (κ2) is 9.06. The first-order valence-electron chi connectivity index (χ1n) is 9.87. The molecule has 3 rings (SSSR count). The number of nitrogens with zero attached hydrogens (tertiary/aromatic N) is 1. The highest BCUT2D eigenvalue weighted by atomic mass is 32.2. The van der Waals surface area contributed by atoms with Crippen molar-refractivity contribution in [2.45, 2.75) is 25.2 Å². The zero-order chi connectivity index (χ0) is 21.9. The lowest BCUT2D eigenvalue weighted by Gasteiger charge is -2.34. The predicted molar refractivity (Wildman–Crippen MR) is 116 cm³/mol. The molecule has 162 valence electrons. The molecule has 30 heavy (non-hydrogen) atoms. The lowest BCUT2D eigenvalue weighted by atomic mass is 9.94. The number of hydrogen-bond acceptors (Lipinski definition) is 5. The summed E-state index contributed by atoms with van der Waals surface area (Å²) in [5.74, 6) is 1.41. The number of piperidine rings is 1. The van der Waals surface area contributed by atoms with E-state index in [9.17, 15) is 13.2 Å². The van der Waals surface area contributed by atoms with Crippen LogP contribution < -0.4 is 14.8 Å². The average molecular weight is 433 g/mol. The van der Waals surface area contributed by atoms with Crippen molar-refractivity contribution >= 4 is 21.6 Å². The molecule has 0 spiro atoms. The van der Waals surface area contributed by atoms with Crippen molar-refractivity contribution in [1.29, 1.82) is 0 Å². The highest BCUT2D eigenvalue weighted by Crippen LogP contribution is 2.28. The van der Waals surface area contributed by atoms with Crippen LogP contribution in [0.3, 0.4) is 0 Å². The third-order valence-corrected chi connectivity index (χ3v) is 7.04. The summed E-state index contributed by atoms with van der Waals surface area (Å²) in [5.41, 5.74) is 0.875. The maximum atomic E-state index is 13.0. The van der Waals surface area contributed by atoms with E-state index in [1.54, 1.807) is 22.5 Å². The summed E-state index contributed by atoms with van der Waals surface area (Å²) in [6.07, 6.45) is 1.03. The summed E-state index contributed by atoms with van der Waals surface area (Å²) in [7, 11) is -0.516. The SMILES string of the molecule is COc1cc(NC(=O)c2ccc(S(=O)(=O)N3C[C@H](C)C[C@@H](C)C3)cc2)cc(OC)c1. The molecule has 0 aliphatic carbocycles. The van der Waals surface area contributed by atoms with Crippen LogP contribution in [0.4, 0.5) is 5.69 Å². The molecule has 0 bridgehead atoms. The van der Waals surface area contributed by atoms with Gasteiger partial charge in [-0.1, -0.05) is 13.8 Å². The molecule has 2 aromatic carbocycles. The van der Waals surface area contributed by atoms with E-state index in [0.29, 0.717) is 47.7 Å². The number of methoxy groups -OCH3 is 2. The van der Waals surface area contributed by atoms with E-state index in [1.165, 1.54) is 38.5 Å². The normalized spacial score (nSPS) is 19.9.